The molecule has 0 fully saturated rings. The Labute approximate surface area is 714 Å². The quantitative estimate of drug-likeness (QED) is 0.120. The van der Waals surface area contributed by atoms with Gasteiger partial charge in [-0.2, -0.15) is 0 Å². The number of hydrogen-bond acceptors (Lipinski definition) is 2. The van der Waals surface area contributed by atoms with Crippen LogP contribution in [0.25, 0.3) is 133 Å². The average Bonchev–Trinajstić information content (AvgIpc) is 1.13. The van der Waals surface area contributed by atoms with E-state index in [2.05, 4.69) is 475 Å². The molecule has 5 heteroatoms. The van der Waals surface area contributed by atoms with Gasteiger partial charge in [-0.3, -0.25) is 0 Å². The van der Waals surface area contributed by atoms with Gasteiger partial charge in [-0.15, -0.1) is 0 Å². The highest BCUT2D eigenvalue weighted by Crippen LogP contribution is 2.52. The number of nitrogens with zero attached hydrogens (tertiary/aromatic N) is 4. The van der Waals surface area contributed by atoms with E-state index in [0.29, 0.717) is 0 Å². The maximum atomic E-state index is 2.64. The molecule has 0 bridgehead atoms. The van der Waals surface area contributed by atoms with Crippen LogP contribution in [-0.4, -0.2) is 15.8 Å². The molecule has 0 atom stereocenters. The molecule has 4 heterocycles. The van der Waals surface area contributed by atoms with Crippen LogP contribution < -0.4 is 26.2 Å². The molecule has 20 rings (SSSR count). The molecule has 0 saturated heterocycles. The van der Waals surface area contributed by atoms with Crippen LogP contribution in [0.2, 0.25) is 0 Å². The number of fused-ring (bicyclic) bond motifs is 10. The molecule has 0 N–H and O–H groups in total. The van der Waals surface area contributed by atoms with Crippen LogP contribution in [0, 0.1) is 0 Å². The van der Waals surface area contributed by atoms with Gasteiger partial charge in [0.15, 0.2) is 0 Å². The zero-order valence-corrected chi connectivity index (χ0v) is 72.4. The number of benzene rings is 16. The Bertz CT molecular complexity index is 6440. The van der Waals surface area contributed by atoms with Gasteiger partial charge in [0, 0.05) is 67.0 Å². The molecule has 0 saturated carbocycles. The third-order valence-corrected chi connectivity index (χ3v) is 25.9. The molecular formula is C116H103BN4. The van der Waals surface area contributed by atoms with Crippen molar-refractivity contribution in [2.45, 2.75) is 131 Å². The zero-order chi connectivity index (χ0) is 83.3. The average molecular weight is 1560 g/mol. The van der Waals surface area contributed by atoms with Crippen molar-refractivity contribution in [2.75, 3.05) is 9.80 Å². The van der Waals surface area contributed by atoms with Gasteiger partial charge >= 0.3 is 0 Å². The molecule has 121 heavy (non-hydrogen) atoms. The smallest absolute Gasteiger partial charge is 0.252 e. The first kappa shape index (κ1) is 76.5. The molecule has 2 aliphatic heterocycles. The molecule has 16 aromatic carbocycles. The summed E-state index contributed by atoms with van der Waals surface area (Å²) in [7, 11) is 0. The lowest BCUT2D eigenvalue weighted by molar-refractivity contribution is 0.590. The maximum Gasteiger partial charge on any atom is 0.252 e. The Hall–Kier alpha value is -13.2. The molecule has 0 amide bonds. The van der Waals surface area contributed by atoms with Gasteiger partial charge in [0.2, 0.25) is 0 Å². The molecule has 4 nitrogen and oxygen atoms in total. The first-order valence-electron chi connectivity index (χ1n) is 43.2. The lowest BCUT2D eigenvalue weighted by Crippen LogP contribution is -2.61. The number of hydrogen-bond donors (Lipinski definition) is 0. The summed E-state index contributed by atoms with van der Waals surface area (Å²) in [6.07, 6.45) is 0. The Morgan fingerprint density at radius 2 is 0.471 bits per heavy atom. The van der Waals surface area contributed by atoms with Gasteiger partial charge < -0.3 is 18.9 Å². The third-order valence-electron chi connectivity index (χ3n) is 25.9. The number of anilines is 6. The van der Waals surface area contributed by atoms with E-state index in [1.54, 1.807) is 0 Å². The summed E-state index contributed by atoms with van der Waals surface area (Å²) in [5, 5.41) is 5.04. The summed E-state index contributed by atoms with van der Waals surface area (Å²) in [6, 6.07) is 135. The standard InChI is InChI=1S/C116H103BN4/c1-112(2,3)82-48-42-74(43-49-82)81-66-107-111-108(67-81)119(88-56-46-80(47-57-88)110-93(77-34-24-18-25-35-77)40-29-41-94(110)78-36-26-19-27-37-78)106-73-90(121-103-64-52-85(115(10,11)12)70-97(103)98-71-86(116(13,14)15)53-65-104(98)121)59-61-100(106)117(111)99-60-58-89(120-101-62-50-83(113(4,5)6)68-95(101)96-69-84(114(7,8)9)51-63-102(96)120)72-105(99)118(107)87-54-44-79(45-55-87)109-91(75-30-20-16-21-31-75)38-28-39-92(109)76-32-22-17-23-33-76/h16-73H,1-15H3. The minimum atomic E-state index is -0.234. The van der Waals surface area contributed by atoms with Crippen molar-refractivity contribution in [3.63, 3.8) is 0 Å². The SMILES string of the molecule is CC(C)(C)c1ccc(-c2cc3c4c(c2)N(c2ccc(-c5c(-c6ccccc6)cccc5-c5ccccc5)cc2)c2cc(-n5c6ccc(C(C)(C)C)cc6c6cc(C(C)(C)C)ccc65)ccc2B4c2ccc(-n4c5ccc(C(C)(C)C)cc5c5cc(C(C)(C)C)ccc54)cc2N3c2ccc(-c3c(-c4ccccc4)cccc3-c3ccccc3)cc2)cc1. The van der Waals surface area contributed by atoms with E-state index in [0.717, 1.165) is 67.8 Å². The molecule has 0 spiro atoms. The van der Waals surface area contributed by atoms with Crippen molar-refractivity contribution in [1.82, 2.24) is 9.13 Å². The lowest BCUT2D eigenvalue weighted by Gasteiger charge is -2.44. The first-order valence-corrected chi connectivity index (χ1v) is 43.2. The molecule has 2 aliphatic rings. The summed E-state index contributed by atoms with van der Waals surface area (Å²) in [6.45, 7) is 34.7. The van der Waals surface area contributed by atoms with E-state index in [-0.39, 0.29) is 33.8 Å². The topological polar surface area (TPSA) is 16.3 Å². The zero-order valence-electron chi connectivity index (χ0n) is 72.4. The van der Waals surface area contributed by atoms with Crippen LogP contribution in [0.3, 0.4) is 0 Å². The Kier molecular flexibility index (Phi) is 18.2. The Morgan fingerprint density at radius 1 is 0.198 bits per heavy atom. The van der Waals surface area contributed by atoms with Crippen LogP contribution in [0.15, 0.2) is 352 Å². The van der Waals surface area contributed by atoms with Crippen LogP contribution in [-0.2, 0) is 27.1 Å². The van der Waals surface area contributed by atoms with Crippen molar-refractivity contribution in [3.8, 4) is 89.3 Å². The second-order valence-corrected chi connectivity index (χ2v) is 39.0. The molecule has 18 aromatic rings. The third kappa shape index (κ3) is 13.3. The van der Waals surface area contributed by atoms with Gasteiger partial charge in [0.1, 0.15) is 0 Å². The van der Waals surface area contributed by atoms with Crippen molar-refractivity contribution in [3.05, 3.63) is 380 Å². The minimum Gasteiger partial charge on any atom is -0.311 e. The summed E-state index contributed by atoms with van der Waals surface area (Å²) in [5.41, 5.74) is 39.9. The van der Waals surface area contributed by atoms with E-state index >= 15 is 0 Å². The van der Waals surface area contributed by atoms with E-state index < -0.39 is 0 Å². The van der Waals surface area contributed by atoms with E-state index in [1.165, 1.54) is 143 Å². The van der Waals surface area contributed by atoms with Crippen LogP contribution in [0.1, 0.15) is 132 Å². The predicted octanol–water partition coefficient (Wildman–Crippen LogP) is 30.1. The predicted molar refractivity (Wildman–Crippen MR) is 521 cm³/mol. The normalized spacial score (nSPS) is 13.0. The highest BCUT2D eigenvalue weighted by molar-refractivity contribution is 7.00. The largest absolute Gasteiger partial charge is 0.311 e. The van der Waals surface area contributed by atoms with Gasteiger partial charge in [0.05, 0.1) is 22.1 Å². The molecule has 0 unspecified atom stereocenters. The van der Waals surface area contributed by atoms with E-state index in [9.17, 15) is 0 Å². The molecule has 0 aliphatic carbocycles. The highest BCUT2D eigenvalue weighted by atomic mass is 15.2. The van der Waals surface area contributed by atoms with E-state index in [1.807, 2.05) is 0 Å². The van der Waals surface area contributed by atoms with Crippen LogP contribution >= 0.6 is 0 Å². The number of rotatable bonds is 11. The minimum absolute atomic E-state index is 0.0600. The van der Waals surface area contributed by atoms with Gasteiger partial charge in [-0.1, -0.05) is 347 Å². The monoisotopic (exact) mass is 1560 g/mol. The fraction of sp³-hybridized carbons (Fsp3) is 0.172. The van der Waals surface area contributed by atoms with Crippen molar-refractivity contribution in [1.29, 1.82) is 0 Å². The molecule has 0 radical (unpaired) electrons. The summed E-state index contributed by atoms with van der Waals surface area (Å²) in [5.74, 6) is 0. The Morgan fingerprint density at radius 3 is 0.760 bits per heavy atom. The van der Waals surface area contributed by atoms with Gasteiger partial charge in [0.25, 0.3) is 6.71 Å². The highest BCUT2D eigenvalue weighted by Gasteiger charge is 2.45. The van der Waals surface area contributed by atoms with E-state index in [4.69, 9.17) is 0 Å². The van der Waals surface area contributed by atoms with Crippen molar-refractivity contribution >= 4 is 101 Å². The molecule has 590 valence electrons. The van der Waals surface area contributed by atoms with Gasteiger partial charge in [-0.25, -0.2) is 0 Å². The maximum absolute atomic E-state index is 2.64. The second-order valence-electron chi connectivity index (χ2n) is 39.0. The summed E-state index contributed by atoms with van der Waals surface area (Å²) < 4.78 is 5.11. The van der Waals surface area contributed by atoms with Crippen LogP contribution in [0.5, 0.6) is 0 Å². The fourth-order valence-corrected chi connectivity index (χ4v) is 19.3. The van der Waals surface area contributed by atoms with Gasteiger partial charge in [-0.05, 0) is 258 Å². The molecule has 2 aromatic heterocycles. The van der Waals surface area contributed by atoms with Crippen LogP contribution in [0.4, 0.5) is 34.1 Å². The van der Waals surface area contributed by atoms with Crippen molar-refractivity contribution < 1.29 is 0 Å². The lowest BCUT2D eigenvalue weighted by atomic mass is 9.33. The Balaban J connectivity index is 0.885. The number of aromatic nitrogens is 2. The van der Waals surface area contributed by atoms with Crippen molar-refractivity contribution in [2.24, 2.45) is 0 Å². The second kappa shape index (κ2) is 28.8. The summed E-state index contributed by atoms with van der Waals surface area (Å²) in [4.78, 5) is 5.27. The first-order chi connectivity index (χ1) is 58.2. The fourth-order valence-electron chi connectivity index (χ4n) is 19.3. The molecular weight excluding hydrogens is 1460 g/mol. The summed E-state index contributed by atoms with van der Waals surface area (Å²) >= 11 is 0.